The Labute approximate surface area is 186 Å². The third-order valence-electron chi connectivity index (χ3n) is 5.07. The van der Waals surface area contributed by atoms with Crippen molar-refractivity contribution < 1.29 is 43.8 Å². The van der Waals surface area contributed by atoms with E-state index in [4.69, 9.17) is 18.9 Å². The van der Waals surface area contributed by atoms with Crippen LogP contribution in [0.4, 0.5) is 4.79 Å². The molecule has 0 amide bonds. The highest BCUT2D eigenvalue weighted by atomic mass is 16.7. The number of aliphatic hydroxyl groups is 3. The van der Waals surface area contributed by atoms with Crippen LogP contribution < -0.4 is 9.47 Å². The molecule has 1 aliphatic heterocycles. The van der Waals surface area contributed by atoms with Crippen molar-refractivity contribution in [1.82, 2.24) is 0 Å². The Bertz CT molecular complexity index is 870. The van der Waals surface area contributed by atoms with Crippen molar-refractivity contribution in [3.63, 3.8) is 0 Å². The minimum absolute atomic E-state index is 0.130. The maximum absolute atomic E-state index is 11.4. The summed E-state index contributed by atoms with van der Waals surface area (Å²) in [7, 11) is 1.60. The predicted molar refractivity (Wildman–Crippen MR) is 113 cm³/mol. The van der Waals surface area contributed by atoms with E-state index in [2.05, 4.69) is 4.74 Å². The van der Waals surface area contributed by atoms with Crippen molar-refractivity contribution in [3.8, 4) is 11.5 Å². The van der Waals surface area contributed by atoms with Crippen LogP contribution in [-0.2, 0) is 20.6 Å². The van der Waals surface area contributed by atoms with Crippen molar-refractivity contribution in [3.05, 3.63) is 59.7 Å². The van der Waals surface area contributed by atoms with Crippen LogP contribution in [0.5, 0.6) is 11.5 Å². The summed E-state index contributed by atoms with van der Waals surface area (Å²) in [5, 5.41) is 30.8. The Morgan fingerprint density at radius 3 is 2.38 bits per heavy atom. The van der Waals surface area contributed by atoms with Crippen molar-refractivity contribution in [1.29, 1.82) is 0 Å². The average Bonchev–Trinajstić information content (AvgIpc) is 2.80. The number of carbonyl (C=O) groups excluding carboxylic acids is 1. The van der Waals surface area contributed by atoms with Gasteiger partial charge in [-0.3, -0.25) is 0 Å². The normalized spacial score (nSPS) is 25.1. The van der Waals surface area contributed by atoms with Crippen molar-refractivity contribution in [2.24, 2.45) is 0 Å². The lowest BCUT2D eigenvalue weighted by molar-refractivity contribution is -0.278. The summed E-state index contributed by atoms with van der Waals surface area (Å²) in [6.45, 7) is 1.38. The van der Waals surface area contributed by atoms with Gasteiger partial charge >= 0.3 is 6.16 Å². The quantitative estimate of drug-likeness (QED) is 0.517. The van der Waals surface area contributed by atoms with E-state index in [0.717, 1.165) is 16.9 Å². The highest BCUT2D eigenvalue weighted by Crippen LogP contribution is 2.28. The number of aliphatic hydroxyl groups excluding tert-OH is 3. The number of rotatable bonds is 8. The zero-order chi connectivity index (χ0) is 23.1. The van der Waals surface area contributed by atoms with Gasteiger partial charge in [0, 0.05) is 6.42 Å². The first-order valence-electron chi connectivity index (χ1n) is 10.3. The van der Waals surface area contributed by atoms with Gasteiger partial charge in [-0.15, -0.1) is 0 Å². The van der Waals surface area contributed by atoms with Crippen molar-refractivity contribution in [2.75, 3.05) is 20.3 Å². The molecule has 1 saturated heterocycles. The van der Waals surface area contributed by atoms with Gasteiger partial charge in [0.2, 0.25) is 6.29 Å². The molecule has 1 unspecified atom stereocenters. The Kier molecular flexibility index (Phi) is 8.29. The van der Waals surface area contributed by atoms with Crippen molar-refractivity contribution >= 4 is 6.16 Å². The molecule has 0 saturated carbocycles. The van der Waals surface area contributed by atoms with Crippen LogP contribution in [0.2, 0.25) is 0 Å². The zero-order valence-electron chi connectivity index (χ0n) is 17.9. The van der Waals surface area contributed by atoms with E-state index >= 15 is 0 Å². The standard InChI is InChI=1S/C23H28O9/c1-3-29-23(27)30-13-18-19(24)20(25)21(26)22(32-18)31-17-7-5-4-6-15(17)12-14-8-10-16(28-2)11-9-14/h4-11,18-22,24-26H,3,12-13H2,1-2H3/t18-,19-,20+,21-,22?/m0/s1. The van der Waals surface area contributed by atoms with E-state index in [0.29, 0.717) is 12.2 Å². The Morgan fingerprint density at radius 1 is 0.969 bits per heavy atom. The molecule has 0 bridgehead atoms. The van der Waals surface area contributed by atoms with Crippen LogP contribution in [-0.4, -0.2) is 72.5 Å². The first-order valence-corrected chi connectivity index (χ1v) is 10.3. The highest BCUT2D eigenvalue weighted by Gasteiger charge is 2.45. The average molecular weight is 448 g/mol. The van der Waals surface area contributed by atoms with Crippen LogP contribution in [0, 0.1) is 0 Å². The molecular weight excluding hydrogens is 420 g/mol. The molecular formula is C23H28O9. The maximum atomic E-state index is 11.4. The molecule has 1 aliphatic rings. The van der Waals surface area contributed by atoms with Gasteiger partial charge < -0.3 is 39.0 Å². The molecule has 0 aromatic heterocycles. The first-order chi connectivity index (χ1) is 15.4. The number of ether oxygens (including phenoxy) is 5. The summed E-state index contributed by atoms with van der Waals surface area (Å²) in [4.78, 5) is 11.4. The second-order valence-corrected chi connectivity index (χ2v) is 7.26. The number of carbonyl (C=O) groups is 1. The Morgan fingerprint density at radius 2 is 1.69 bits per heavy atom. The first kappa shape index (κ1) is 23.8. The van der Waals surface area contributed by atoms with Crippen LogP contribution >= 0.6 is 0 Å². The lowest BCUT2D eigenvalue weighted by Gasteiger charge is -2.40. The highest BCUT2D eigenvalue weighted by molar-refractivity contribution is 5.59. The zero-order valence-corrected chi connectivity index (χ0v) is 17.9. The van der Waals surface area contributed by atoms with E-state index in [-0.39, 0.29) is 13.2 Å². The molecule has 9 nitrogen and oxygen atoms in total. The van der Waals surface area contributed by atoms with E-state index in [1.165, 1.54) is 0 Å². The molecule has 2 aromatic rings. The summed E-state index contributed by atoms with van der Waals surface area (Å²) in [5.74, 6) is 1.20. The Hall–Kier alpha value is -2.85. The van der Waals surface area contributed by atoms with Crippen LogP contribution in [0.3, 0.4) is 0 Å². The fourth-order valence-corrected chi connectivity index (χ4v) is 3.31. The number of hydrogen-bond donors (Lipinski definition) is 3. The van der Waals surface area contributed by atoms with Gasteiger partial charge in [0.15, 0.2) is 0 Å². The number of methoxy groups -OCH3 is 1. The SMILES string of the molecule is CCOC(=O)OC[C@@H]1OC(Oc2ccccc2Cc2ccc(OC)cc2)[C@@H](O)[C@H](O)[C@H]1O. The smallest absolute Gasteiger partial charge is 0.497 e. The molecule has 0 spiro atoms. The monoisotopic (exact) mass is 448 g/mol. The topological polar surface area (TPSA) is 124 Å². The van der Waals surface area contributed by atoms with Gasteiger partial charge in [0.25, 0.3) is 0 Å². The van der Waals surface area contributed by atoms with Gasteiger partial charge in [-0.05, 0) is 36.2 Å². The van der Waals surface area contributed by atoms with Crippen LogP contribution in [0.15, 0.2) is 48.5 Å². The third kappa shape index (κ3) is 5.89. The number of benzene rings is 2. The fourth-order valence-electron chi connectivity index (χ4n) is 3.31. The molecule has 2 aromatic carbocycles. The van der Waals surface area contributed by atoms with E-state index in [1.807, 2.05) is 36.4 Å². The summed E-state index contributed by atoms with van der Waals surface area (Å²) in [6, 6.07) is 14.8. The van der Waals surface area contributed by atoms with Crippen LogP contribution in [0.25, 0.3) is 0 Å². The second kappa shape index (κ2) is 11.1. The Balaban J connectivity index is 1.71. The fraction of sp³-hybridized carbons (Fsp3) is 0.435. The molecule has 1 heterocycles. The molecule has 0 radical (unpaired) electrons. The van der Waals surface area contributed by atoms with Crippen LogP contribution in [0.1, 0.15) is 18.1 Å². The molecule has 5 atom stereocenters. The molecule has 32 heavy (non-hydrogen) atoms. The molecule has 0 aliphatic carbocycles. The second-order valence-electron chi connectivity index (χ2n) is 7.26. The van der Waals surface area contributed by atoms with Gasteiger partial charge in [-0.1, -0.05) is 30.3 Å². The largest absolute Gasteiger partial charge is 0.508 e. The maximum Gasteiger partial charge on any atom is 0.508 e. The van der Waals surface area contributed by atoms with Gasteiger partial charge in [0.05, 0.1) is 13.7 Å². The lowest BCUT2D eigenvalue weighted by Crippen LogP contribution is -2.60. The molecule has 1 fully saturated rings. The third-order valence-corrected chi connectivity index (χ3v) is 5.07. The predicted octanol–water partition coefficient (Wildman–Crippen LogP) is 1.65. The van der Waals surface area contributed by atoms with Gasteiger partial charge in [-0.25, -0.2) is 4.79 Å². The summed E-state index contributed by atoms with van der Waals surface area (Å²) < 4.78 is 26.2. The van der Waals surface area contributed by atoms with E-state index < -0.39 is 36.9 Å². The summed E-state index contributed by atoms with van der Waals surface area (Å²) >= 11 is 0. The molecule has 9 heteroatoms. The van der Waals surface area contributed by atoms with Gasteiger partial charge in [-0.2, -0.15) is 0 Å². The molecule has 3 N–H and O–H groups in total. The number of hydrogen-bond acceptors (Lipinski definition) is 9. The minimum Gasteiger partial charge on any atom is -0.497 e. The lowest BCUT2D eigenvalue weighted by atomic mass is 9.99. The molecule has 3 rings (SSSR count). The summed E-state index contributed by atoms with van der Waals surface area (Å²) in [6.07, 6.45) is -7.34. The van der Waals surface area contributed by atoms with Gasteiger partial charge in [0.1, 0.15) is 42.5 Å². The van der Waals surface area contributed by atoms with Crippen molar-refractivity contribution in [2.45, 2.75) is 44.1 Å². The minimum atomic E-state index is -1.56. The number of para-hydroxylation sites is 1. The molecule has 174 valence electrons. The van der Waals surface area contributed by atoms with E-state index in [1.54, 1.807) is 26.2 Å². The summed E-state index contributed by atoms with van der Waals surface area (Å²) in [5.41, 5.74) is 1.84. The van der Waals surface area contributed by atoms with E-state index in [9.17, 15) is 20.1 Å².